The lowest BCUT2D eigenvalue weighted by molar-refractivity contribution is 0.582. The van der Waals surface area contributed by atoms with Crippen molar-refractivity contribution in [3.05, 3.63) is 34.9 Å². The molecule has 0 amide bonds. The quantitative estimate of drug-likeness (QED) is 0.671. The molecule has 3 aliphatic carbocycles. The fraction of sp³-hybridized carbons (Fsp3) is 0.647. The molecule has 2 fully saturated rings. The van der Waals surface area contributed by atoms with Crippen LogP contribution in [0, 0.1) is 17.8 Å². The molecule has 0 aliphatic heterocycles. The van der Waals surface area contributed by atoms with E-state index in [2.05, 4.69) is 34.1 Å². The zero-order valence-electron chi connectivity index (χ0n) is 10.9. The van der Waals surface area contributed by atoms with Gasteiger partial charge in [0.05, 0.1) is 0 Å². The highest BCUT2D eigenvalue weighted by molar-refractivity contribution is 9.09. The van der Waals surface area contributed by atoms with E-state index < -0.39 is 0 Å². The Morgan fingerprint density at radius 3 is 2.44 bits per heavy atom. The monoisotopic (exact) mass is 304 g/mol. The summed E-state index contributed by atoms with van der Waals surface area (Å²) in [6.07, 6.45) is 9.84. The molecule has 0 aromatic heterocycles. The molecule has 96 valence electrons. The van der Waals surface area contributed by atoms with Gasteiger partial charge in [0.15, 0.2) is 0 Å². The number of hydrogen-bond acceptors (Lipinski definition) is 0. The predicted octanol–water partition coefficient (Wildman–Crippen LogP) is 5.05. The molecular formula is C17H21Br. The Hall–Kier alpha value is -0.300. The van der Waals surface area contributed by atoms with E-state index in [1.54, 1.807) is 16.7 Å². The van der Waals surface area contributed by atoms with Gasteiger partial charge < -0.3 is 0 Å². The number of hydrogen-bond donors (Lipinski definition) is 0. The van der Waals surface area contributed by atoms with Crippen LogP contribution in [0.3, 0.4) is 0 Å². The predicted molar refractivity (Wildman–Crippen MR) is 79.1 cm³/mol. The summed E-state index contributed by atoms with van der Waals surface area (Å²) in [5.41, 5.74) is 4.80. The Balaban J connectivity index is 1.57. The zero-order chi connectivity index (χ0) is 12.1. The lowest BCUT2D eigenvalue weighted by Crippen LogP contribution is -2.05. The van der Waals surface area contributed by atoms with Gasteiger partial charge in [0, 0.05) is 4.83 Å². The Bertz CT molecular complexity index is 455. The van der Waals surface area contributed by atoms with Gasteiger partial charge in [-0.05, 0) is 73.0 Å². The van der Waals surface area contributed by atoms with Crippen molar-refractivity contribution in [1.29, 1.82) is 0 Å². The fourth-order valence-corrected chi connectivity index (χ4v) is 5.53. The third-order valence-electron chi connectivity index (χ3n) is 5.50. The third kappa shape index (κ3) is 1.78. The van der Waals surface area contributed by atoms with Crippen molar-refractivity contribution < 1.29 is 0 Å². The van der Waals surface area contributed by atoms with Crippen LogP contribution in [0.5, 0.6) is 0 Å². The van der Waals surface area contributed by atoms with Crippen LogP contribution < -0.4 is 0 Å². The normalized spacial score (nSPS) is 34.8. The maximum absolute atomic E-state index is 4.00. The minimum absolute atomic E-state index is 0.625. The first-order valence-corrected chi connectivity index (χ1v) is 8.52. The van der Waals surface area contributed by atoms with Crippen LogP contribution in [-0.4, -0.2) is 0 Å². The average molecular weight is 305 g/mol. The molecule has 0 nitrogen and oxygen atoms in total. The van der Waals surface area contributed by atoms with Crippen LogP contribution in [0.4, 0.5) is 0 Å². The van der Waals surface area contributed by atoms with Crippen molar-refractivity contribution in [2.45, 2.75) is 49.8 Å². The van der Waals surface area contributed by atoms with Gasteiger partial charge in [-0.1, -0.05) is 40.5 Å². The standard InChI is InChI=1S/C17H21Br/c18-17(16-14-6-3-7-15(14)16)13-9-8-11-4-1-2-5-12(11)10-13/h8-10,14-17H,1-7H2. The maximum atomic E-state index is 4.00. The van der Waals surface area contributed by atoms with E-state index >= 15 is 0 Å². The number of fused-ring (bicyclic) bond motifs is 2. The van der Waals surface area contributed by atoms with Gasteiger partial charge in [0.2, 0.25) is 0 Å². The molecule has 1 aromatic carbocycles. The average Bonchev–Trinajstić information content (AvgIpc) is 2.90. The van der Waals surface area contributed by atoms with Crippen LogP contribution >= 0.6 is 15.9 Å². The van der Waals surface area contributed by atoms with Gasteiger partial charge in [-0.3, -0.25) is 0 Å². The summed E-state index contributed by atoms with van der Waals surface area (Å²) in [4.78, 5) is 0.625. The van der Waals surface area contributed by atoms with Gasteiger partial charge >= 0.3 is 0 Å². The van der Waals surface area contributed by atoms with Crippen molar-refractivity contribution in [2.24, 2.45) is 17.8 Å². The molecule has 2 saturated carbocycles. The van der Waals surface area contributed by atoms with Crippen LogP contribution in [-0.2, 0) is 12.8 Å². The number of rotatable bonds is 2. The van der Waals surface area contributed by atoms with E-state index in [9.17, 15) is 0 Å². The molecule has 0 bridgehead atoms. The third-order valence-corrected chi connectivity index (χ3v) is 6.64. The van der Waals surface area contributed by atoms with E-state index in [1.165, 1.54) is 44.9 Å². The molecule has 3 unspecified atom stereocenters. The Morgan fingerprint density at radius 1 is 0.944 bits per heavy atom. The number of halogens is 1. The van der Waals surface area contributed by atoms with Gasteiger partial charge in [0.1, 0.15) is 0 Å². The zero-order valence-corrected chi connectivity index (χ0v) is 12.5. The lowest BCUT2D eigenvalue weighted by Gasteiger charge is -2.19. The van der Waals surface area contributed by atoms with E-state index in [-0.39, 0.29) is 0 Å². The summed E-state index contributed by atoms with van der Waals surface area (Å²) in [7, 11) is 0. The van der Waals surface area contributed by atoms with Gasteiger partial charge in [-0.15, -0.1) is 0 Å². The summed E-state index contributed by atoms with van der Waals surface area (Å²) < 4.78 is 0. The molecule has 4 rings (SSSR count). The first-order chi connectivity index (χ1) is 8.84. The molecule has 0 saturated heterocycles. The van der Waals surface area contributed by atoms with Crippen molar-refractivity contribution in [1.82, 2.24) is 0 Å². The SMILES string of the molecule is BrC(c1ccc2c(c1)CCCC2)C1C2CCCC21. The first kappa shape index (κ1) is 11.5. The maximum Gasteiger partial charge on any atom is 0.0429 e. The summed E-state index contributed by atoms with van der Waals surface area (Å²) in [6, 6.07) is 7.29. The smallest absolute Gasteiger partial charge is 0.0429 e. The van der Waals surface area contributed by atoms with Crippen LogP contribution in [0.15, 0.2) is 18.2 Å². The Kier molecular flexibility index (Phi) is 2.80. The second-order valence-electron chi connectivity index (χ2n) is 6.47. The fourth-order valence-electron chi connectivity index (χ4n) is 4.46. The van der Waals surface area contributed by atoms with Gasteiger partial charge in [-0.2, -0.15) is 0 Å². The molecule has 1 aromatic rings. The van der Waals surface area contributed by atoms with E-state index in [1.807, 2.05) is 0 Å². The number of alkyl halides is 1. The summed E-state index contributed by atoms with van der Waals surface area (Å²) in [5, 5.41) is 0. The van der Waals surface area contributed by atoms with E-state index in [0.29, 0.717) is 4.83 Å². The van der Waals surface area contributed by atoms with Crippen molar-refractivity contribution >= 4 is 15.9 Å². The van der Waals surface area contributed by atoms with Crippen molar-refractivity contribution in [3.63, 3.8) is 0 Å². The molecule has 18 heavy (non-hydrogen) atoms. The van der Waals surface area contributed by atoms with Gasteiger partial charge in [-0.25, -0.2) is 0 Å². The minimum Gasteiger partial charge on any atom is -0.0836 e. The van der Waals surface area contributed by atoms with Crippen LogP contribution in [0.1, 0.15) is 53.6 Å². The number of aryl methyl sites for hydroxylation is 2. The Labute approximate surface area is 118 Å². The number of benzene rings is 1. The largest absolute Gasteiger partial charge is 0.0836 e. The van der Waals surface area contributed by atoms with Crippen LogP contribution in [0.2, 0.25) is 0 Å². The van der Waals surface area contributed by atoms with E-state index in [4.69, 9.17) is 0 Å². The topological polar surface area (TPSA) is 0 Å². The molecule has 0 spiro atoms. The van der Waals surface area contributed by atoms with Gasteiger partial charge in [0.25, 0.3) is 0 Å². The van der Waals surface area contributed by atoms with E-state index in [0.717, 1.165) is 17.8 Å². The molecule has 0 heterocycles. The van der Waals surface area contributed by atoms with Crippen molar-refractivity contribution in [3.8, 4) is 0 Å². The molecule has 0 radical (unpaired) electrons. The highest BCUT2D eigenvalue weighted by Crippen LogP contribution is 2.64. The molecule has 3 atom stereocenters. The summed E-state index contributed by atoms with van der Waals surface area (Å²) >= 11 is 4.00. The second-order valence-corrected chi connectivity index (χ2v) is 7.46. The molecule has 1 heteroatoms. The summed E-state index contributed by atoms with van der Waals surface area (Å²) in [5.74, 6) is 3.04. The van der Waals surface area contributed by atoms with Crippen molar-refractivity contribution in [2.75, 3.05) is 0 Å². The highest BCUT2D eigenvalue weighted by atomic mass is 79.9. The molecule has 0 N–H and O–H groups in total. The second kappa shape index (κ2) is 4.37. The molecular weight excluding hydrogens is 284 g/mol. The van der Waals surface area contributed by atoms with Crippen LogP contribution in [0.25, 0.3) is 0 Å². The first-order valence-electron chi connectivity index (χ1n) is 7.60. The minimum atomic E-state index is 0.625. The molecule has 3 aliphatic rings. The lowest BCUT2D eigenvalue weighted by atomic mass is 9.89. The highest BCUT2D eigenvalue weighted by Gasteiger charge is 2.55. The summed E-state index contributed by atoms with van der Waals surface area (Å²) in [6.45, 7) is 0. The Morgan fingerprint density at radius 2 is 1.67 bits per heavy atom.